The summed E-state index contributed by atoms with van der Waals surface area (Å²) in [5.74, 6) is 1.23. The third-order valence-corrected chi connectivity index (χ3v) is 7.03. The SMILES string of the molecule is Cc1cccc(-n2c(=O)c3ccccc3n3c(SCc4noc(-c5ccc(F)cc5)n4)nnc23)c1C. The van der Waals surface area contributed by atoms with Gasteiger partial charge in [0.1, 0.15) is 5.82 Å². The van der Waals surface area contributed by atoms with Gasteiger partial charge in [-0.15, -0.1) is 10.2 Å². The van der Waals surface area contributed by atoms with Crippen LogP contribution in [0.5, 0.6) is 0 Å². The minimum Gasteiger partial charge on any atom is -0.334 e. The van der Waals surface area contributed by atoms with Crippen molar-refractivity contribution in [1.29, 1.82) is 0 Å². The molecule has 0 saturated heterocycles. The number of halogens is 1. The number of hydrogen-bond donors (Lipinski definition) is 0. The molecule has 0 unspecified atom stereocenters. The van der Waals surface area contributed by atoms with Gasteiger partial charge in [-0.2, -0.15) is 4.98 Å². The Labute approximate surface area is 208 Å². The van der Waals surface area contributed by atoms with E-state index >= 15 is 0 Å². The van der Waals surface area contributed by atoms with Crippen LogP contribution in [0.15, 0.2) is 81.2 Å². The first-order valence-electron chi connectivity index (χ1n) is 11.2. The van der Waals surface area contributed by atoms with Crippen molar-refractivity contribution in [3.05, 3.63) is 99.9 Å². The van der Waals surface area contributed by atoms with E-state index in [9.17, 15) is 9.18 Å². The molecule has 0 aliphatic rings. The molecule has 0 bridgehead atoms. The third-order valence-electron chi connectivity index (χ3n) is 6.10. The molecule has 0 N–H and O–H groups in total. The Bertz CT molecular complexity index is 1810. The van der Waals surface area contributed by atoms with Gasteiger partial charge in [0.25, 0.3) is 11.4 Å². The van der Waals surface area contributed by atoms with E-state index in [4.69, 9.17) is 4.52 Å². The summed E-state index contributed by atoms with van der Waals surface area (Å²) in [4.78, 5) is 18.0. The third kappa shape index (κ3) is 3.66. The van der Waals surface area contributed by atoms with Crippen LogP contribution in [-0.2, 0) is 5.75 Å². The Morgan fingerprint density at radius 2 is 1.78 bits per heavy atom. The van der Waals surface area contributed by atoms with Crippen LogP contribution in [0, 0.1) is 19.7 Å². The Kier molecular flexibility index (Phi) is 5.37. The highest BCUT2D eigenvalue weighted by Gasteiger charge is 2.20. The smallest absolute Gasteiger partial charge is 0.267 e. The van der Waals surface area contributed by atoms with Crippen LogP contribution in [0.3, 0.4) is 0 Å². The minimum atomic E-state index is -0.334. The lowest BCUT2D eigenvalue weighted by atomic mass is 10.1. The van der Waals surface area contributed by atoms with Crippen molar-refractivity contribution in [3.63, 3.8) is 0 Å². The van der Waals surface area contributed by atoms with Crippen molar-refractivity contribution in [2.24, 2.45) is 0 Å². The molecular formula is C26H19FN6O2S. The lowest BCUT2D eigenvalue weighted by Crippen LogP contribution is -2.22. The topological polar surface area (TPSA) is 91.1 Å². The second kappa shape index (κ2) is 8.72. The van der Waals surface area contributed by atoms with Gasteiger partial charge in [-0.05, 0) is 67.4 Å². The summed E-state index contributed by atoms with van der Waals surface area (Å²) in [5.41, 5.74) is 4.03. The van der Waals surface area contributed by atoms with Gasteiger partial charge in [-0.1, -0.05) is 41.2 Å². The van der Waals surface area contributed by atoms with Gasteiger partial charge >= 0.3 is 0 Å². The average molecular weight is 499 g/mol. The number of aromatic nitrogens is 6. The summed E-state index contributed by atoms with van der Waals surface area (Å²) in [6, 6.07) is 19.1. The Hall–Kier alpha value is -4.31. The molecule has 6 rings (SSSR count). The van der Waals surface area contributed by atoms with Crippen LogP contribution in [0.25, 0.3) is 33.8 Å². The second-order valence-electron chi connectivity index (χ2n) is 8.31. The summed E-state index contributed by atoms with van der Waals surface area (Å²) in [5, 5.41) is 14.0. The Morgan fingerprint density at radius 1 is 0.972 bits per heavy atom. The van der Waals surface area contributed by atoms with Gasteiger partial charge in [0.15, 0.2) is 11.0 Å². The van der Waals surface area contributed by atoms with Gasteiger partial charge < -0.3 is 4.52 Å². The van der Waals surface area contributed by atoms with Crippen molar-refractivity contribution in [1.82, 2.24) is 29.3 Å². The van der Waals surface area contributed by atoms with E-state index in [1.54, 1.807) is 22.8 Å². The molecule has 3 aromatic carbocycles. The van der Waals surface area contributed by atoms with Crippen LogP contribution in [0.4, 0.5) is 4.39 Å². The van der Waals surface area contributed by atoms with Crippen LogP contribution < -0.4 is 5.56 Å². The predicted molar refractivity (Wildman–Crippen MR) is 135 cm³/mol. The van der Waals surface area contributed by atoms with E-state index in [1.165, 1.54) is 23.9 Å². The van der Waals surface area contributed by atoms with E-state index in [0.29, 0.717) is 44.9 Å². The van der Waals surface area contributed by atoms with E-state index in [0.717, 1.165) is 16.8 Å². The first kappa shape index (κ1) is 22.2. The molecule has 0 atom stereocenters. The zero-order valence-electron chi connectivity index (χ0n) is 19.3. The molecule has 0 aliphatic heterocycles. The van der Waals surface area contributed by atoms with Crippen molar-refractivity contribution in [2.45, 2.75) is 24.8 Å². The van der Waals surface area contributed by atoms with Gasteiger partial charge in [-0.3, -0.25) is 9.20 Å². The van der Waals surface area contributed by atoms with Crippen LogP contribution in [-0.4, -0.2) is 29.3 Å². The molecule has 0 amide bonds. The lowest BCUT2D eigenvalue weighted by Gasteiger charge is -2.14. The minimum absolute atomic E-state index is 0.155. The van der Waals surface area contributed by atoms with Gasteiger partial charge in [0.05, 0.1) is 22.3 Å². The Morgan fingerprint density at radius 3 is 2.61 bits per heavy atom. The number of nitrogens with zero attached hydrogens (tertiary/aromatic N) is 6. The standard InChI is InChI=1S/C26H19FN6O2S/c1-15-6-5-9-20(16(15)2)32-24(34)19-7-3-4-8-21(19)33-25(32)29-30-26(33)36-14-22-28-23(35-31-22)17-10-12-18(27)13-11-17/h3-13H,14H2,1-2H3. The molecule has 0 spiro atoms. The van der Waals surface area contributed by atoms with Crippen molar-refractivity contribution < 1.29 is 8.91 Å². The predicted octanol–water partition coefficient (Wildman–Crippen LogP) is 5.13. The number of fused-ring (bicyclic) bond motifs is 3. The fourth-order valence-corrected chi connectivity index (χ4v) is 4.90. The number of aryl methyl sites for hydroxylation is 1. The van der Waals surface area contributed by atoms with Gasteiger partial charge in [0, 0.05) is 5.56 Å². The van der Waals surface area contributed by atoms with Crippen LogP contribution in [0.1, 0.15) is 17.0 Å². The highest BCUT2D eigenvalue weighted by Crippen LogP contribution is 2.27. The fourth-order valence-electron chi connectivity index (χ4n) is 4.12. The second-order valence-corrected chi connectivity index (χ2v) is 9.25. The molecular weight excluding hydrogens is 479 g/mol. The Balaban J connectivity index is 1.43. The zero-order chi connectivity index (χ0) is 24.8. The normalized spacial score (nSPS) is 11.5. The first-order valence-corrected chi connectivity index (χ1v) is 12.2. The van der Waals surface area contributed by atoms with Gasteiger partial charge in [0.2, 0.25) is 5.78 Å². The first-order chi connectivity index (χ1) is 17.5. The highest BCUT2D eigenvalue weighted by molar-refractivity contribution is 7.98. The molecule has 0 fully saturated rings. The quantitative estimate of drug-likeness (QED) is 0.304. The molecule has 6 aromatic rings. The number of rotatable bonds is 5. The average Bonchev–Trinajstić information content (AvgIpc) is 3.53. The van der Waals surface area contributed by atoms with Crippen molar-refractivity contribution in [2.75, 3.05) is 0 Å². The maximum Gasteiger partial charge on any atom is 0.267 e. The van der Waals surface area contributed by atoms with E-state index < -0.39 is 0 Å². The number of benzene rings is 3. The summed E-state index contributed by atoms with van der Waals surface area (Å²) in [6.07, 6.45) is 0. The maximum atomic E-state index is 13.6. The number of hydrogen-bond acceptors (Lipinski definition) is 7. The molecule has 178 valence electrons. The molecule has 0 saturated carbocycles. The summed E-state index contributed by atoms with van der Waals surface area (Å²) < 4.78 is 22.1. The monoisotopic (exact) mass is 498 g/mol. The molecule has 0 aliphatic carbocycles. The summed E-state index contributed by atoms with van der Waals surface area (Å²) in [7, 11) is 0. The van der Waals surface area contributed by atoms with Crippen molar-refractivity contribution >= 4 is 28.4 Å². The molecule has 3 aromatic heterocycles. The molecule has 8 nitrogen and oxygen atoms in total. The number of para-hydroxylation sites is 1. The van der Waals surface area contributed by atoms with Crippen molar-refractivity contribution in [3.8, 4) is 17.1 Å². The molecule has 36 heavy (non-hydrogen) atoms. The molecule has 0 radical (unpaired) electrons. The van der Waals surface area contributed by atoms with E-state index in [-0.39, 0.29) is 11.4 Å². The van der Waals surface area contributed by atoms with Crippen LogP contribution in [0.2, 0.25) is 0 Å². The summed E-state index contributed by atoms with van der Waals surface area (Å²) in [6.45, 7) is 4.00. The lowest BCUT2D eigenvalue weighted by molar-refractivity contribution is 0.425. The summed E-state index contributed by atoms with van der Waals surface area (Å²) >= 11 is 1.38. The molecule has 10 heteroatoms. The van der Waals surface area contributed by atoms with E-state index in [1.807, 2.05) is 54.6 Å². The number of thioether (sulfide) groups is 1. The molecule has 3 heterocycles. The van der Waals surface area contributed by atoms with E-state index in [2.05, 4.69) is 20.3 Å². The largest absolute Gasteiger partial charge is 0.334 e. The zero-order valence-corrected chi connectivity index (χ0v) is 20.2. The van der Waals surface area contributed by atoms with Gasteiger partial charge in [-0.25, -0.2) is 8.96 Å². The van der Waals surface area contributed by atoms with Crippen LogP contribution >= 0.6 is 11.8 Å². The maximum absolute atomic E-state index is 13.6. The highest BCUT2D eigenvalue weighted by atomic mass is 32.2. The fraction of sp³-hybridized carbons (Fsp3) is 0.115.